The predicted octanol–water partition coefficient (Wildman–Crippen LogP) is 2.70. The van der Waals surface area contributed by atoms with Crippen molar-refractivity contribution in [2.75, 3.05) is 11.9 Å². The maximum atomic E-state index is 4.09. The summed E-state index contributed by atoms with van der Waals surface area (Å²) in [6.45, 7) is 7.43. The molecule has 0 bridgehead atoms. The van der Waals surface area contributed by atoms with Gasteiger partial charge in [-0.2, -0.15) is 0 Å². The molecule has 13 heavy (non-hydrogen) atoms. The number of halogens is 1. The van der Waals surface area contributed by atoms with E-state index in [1.807, 2.05) is 6.07 Å². The van der Waals surface area contributed by atoms with Gasteiger partial charge >= 0.3 is 0 Å². The van der Waals surface area contributed by atoms with E-state index in [-0.39, 0.29) is 5.41 Å². The summed E-state index contributed by atoms with van der Waals surface area (Å²) in [4.78, 5) is 8.04. The Kier molecular flexibility index (Phi) is 3.25. The zero-order valence-corrected chi connectivity index (χ0v) is 9.72. The van der Waals surface area contributed by atoms with Gasteiger partial charge in [0.1, 0.15) is 16.7 Å². The lowest BCUT2D eigenvalue weighted by atomic mass is 9.97. The summed E-state index contributed by atoms with van der Waals surface area (Å²) in [6.07, 6.45) is 1.54. The molecule has 4 heteroatoms. The summed E-state index contributed by atoms with van der Waals surface area (Å²) in [5, 5.41) is 3.24. The average molecular weight is 244 g/mol. The molecule has 0 saturated heterocycles. The van der Waals surface area contributed by atoms with Gasteiger partial charge in [-0.1, -0.05) is 20.8 Å². The first-order chi connectivity index (χ1) is 5.97. The summed E-state index contributed by atoms with van der Waals surface area (Å²) in [5.74, 6) is 0.858. The molecule has 0 fully saturated rings. The van der Waals surface area contributed by atoms with E-state index >= 15 is 0 Å². The van der Waals surface area contributed by atoms with Crippen LogP contribution in [0, 0.1) is 5.41 Å². The van der Waals surface area contributed by atoms with E-state index < -0.39 is 0 Å². The molecule has 0 spiro atoms. The summed E-state index contributed by atoms with van der Waals surface area (Å²) in [6, 6.07) is 1.87. The van der Waals surface area contributed by atoms with Crippen molar-refractivity contribution >= 4 is 21.7 Å². The molecule has 0 amide bonds. The molecular weight excluding hydrogens is 230 g/mol. The average Bonchev–Trinajstić information content (AvgIpc) is 2.00. The third-order valence-corrected chi connectivity index (χ3v) is 1.87. The molecule has 1 aromatic rings. The molecule has 3 nitrogen and oxygen atoms in total. The third kappa shape index (κ3) is 4.22. The Morgan fingerprint density at radius 3 is 2.62 bits per heavy atom. The molecule has 1 aromatic heterocycles. The van der Waals surface area contributed by atoms with Crippen LogP contribution >= 0.6 is 15.9 Å². The highest BCUT2D eigenvalue weighted by atomic mass is 79.9. The van der Waals surface area contributed by atoms with Crippen LogP contribution in [0.5, 0.6) is 0 Å². The minimum Gasteiger partial charge on any atom is -0.369 e. The van der Waals surface area contributed by atoms with Gasteiger partial charge in [-0.05, 0) is 21.3 Å². The Bertz CT molecular complexity index is 280. The molecule has 0 atom stereocenters. The highest BCUT2D eigenvalue weighted by molar-refractivity contribution is 9.10. The lowest BCUT2D eigenvalue weighted by molar-refractivity contribution is 0.442. The Balaban J connectivity index is 2.55. The summed E-state index contributed by atoms with van der Waals surface area (Å²) >= 11 is 3.29. The molecule has 1 rings (SSSR count). The second-order valence-corrected chi connectivity index (χ2v) is 4.95. The fourth-order valence-electron chi connectivity index (χ4n) is 0.786. The van der Waals surface area contributed by atoms with Crippen molar-refractivity contribution < 1.29 is 0 Å². The number of anilines is 1. The monoisotopic (exact) mass is 243 g/mol. The first kappa shape index (κ1) is 10.4. The van der Waals surface area contributed by atoms with Gasteiger partial charge in [-0.3, -0.25) is 0 Å². The van der Waals surface area contributed by atoms with Crippen molar-refractivity contribution in [3.05, 3.63) is 17.0 Å². The van der Waals surface area contributed by atoms with Gasteiger partial charge in [0.15, 0.2) is 0 Å². The molecule has 0 aliphatic carbocycles. The van der Waals surface area contributed by atoms with E-state index in [4.69, 9.17) is 0 Å². The van der Waals surface area contributed by atoms with Gasteiger partial charge < -0.3 is 5.32 Å². The topological polar surface area (TPSA) is 37.8 Å². The number of hydrogen-bond donors (Lipinski definition) is 1. The SMILES string of the molecule is CC(C)(C)CNc1cc(Br)ncn1. The summed E-state index contributed by atoms with van der Waals surface area (Å²) in [7, 11) is 0. The van der Waals surface area contributed by atoms with Crippen LogP contribution < -0.4 is 5.32 Å². The molecule has 0 aliphatic rings. The van der Waals surface area contributed by atoms with Crippen LogP contribution in [0.1, 0.15) is 20.8 Å². The van der Waals surface area contributed by atoms with Gasteiger partial charge in [-0.25, -0.2) is 9.97 Å². The van der Waals surface area contributed by atoms with Crippen LogP contribution in [0.3, 0.4) is 0 Å². The van der Waals surface area contributed by atoms with E-state index in [0.717, 1.165) is 17.0 Å². The fourth-order valence-corrected chi connectivity index (χ4v) is 1.09. The molecule has 1 N–H and O–H groups in total. The maximum Gasteiger partial charge on any atom is 0.130 e. The number of aromatic nitrogens is 2. The molecule has 1 heterocycles. The van der Waals surface area contributed by atoms with Crippen LogP contribution in [-0.2, 0) is 0 Å². The highest BCUT2D eigenvalue weighted by Gasteiger charge is 2.09. The first-order valence-corrected chi connectivity index (χ1v) is 4.98. The normalized spacial score (nSPS) is 11.4. The van der Waals surface area contributed by atoms with Crippen molar-refractivity contribution in [1.29, 1.82) is 0 Å². The van der Waals surface area contributed by atoms with E-state index in [0.29, 0.717) is 0 Å². The predicted molar refractivity (Wildman–Crippen MR) is 57.7 cm³/mol. The lowest BCUT2D eigenvalue weighted by Crippen LogP contribution is -2.19. The van der Waals surface area contributed by atoms with Gasteiger partial charge in [0.05, 0.1) is 0 Å². The number of nitrogens with one attached hydrogen (secondary N) is 1. The molecule has 0 aliphatic heterocycles. The third-order valence-electron chi connectivity index (χ3n) is 1.43. The number of nitrogens with zero attached hydrogens (tertiary/aromatic N) is 2. The standard InChI is InChI=1S/C9H14BrN3/c1-9(2,3)5-11-8-4-7(10)12-6-13-8/h4,6H,5H2,1-3H3,(H,11,12,13). The van der Waals surface area contributed by atoms with E-state index in [9.17, 15) is 0 Å². The molecule has 0 aromatic carbocycles. The smallest absolute Gasteiger partial charge is 0.130 e. The number of hydrogen-bond acceptors (Lipinski definition) is 3. The van der Waals surface area contributed by atoms with E-state index in [1.54, 1.807) is 0 Å². The molecule has 72 valence electrons. The quantitative estimate of drug-likeness (QED) is 0.813. The highest BCUT2D eigenvalue weighted by Crippen LogP contribution is 2.15. The maximum absolute atomic E-state index is 4.09. The van der Waals surface area contributed by atoms with E-state index in [2.05, 4.69) is 52.0 Å². The van der Waals surface area contributed by atoms with Gasteiger partial charge in [0.2, 0.25) is 0 Å². The minimum absolute atomic E-state index is 0.261. The van der Waals surface area contributed by atoms with Crippen LogP contribution in [0.15, 0.2) is 17.0 Å². The van der Waals surface area contributed by atoms with E-state index in [1.165, 1.54) is 6.33 Å². The molecule has 0 saturated carbocycles. The molecular formula is C9H14BrN3. The zero-order valence-electron chi connectivity index (χ0n) is 8.13. The Morgan fingerprint density at radius 2 is 2.08 bits per heavy atom. The van der Waals surface area contributed by atoms with Gasteiger partial charge in [0, 0.05) is 12.6 Å². The van der Waals surface area contributed by atoms with Crippen molar-refractivity contribution in [2.24, 2.45) is 5.41 Å². The molecule has 0 radical (unpaired) electrons. The Hall–Kier alpha value is -0.640. The Morgan fingerprint density at radius 1 is 1.38 bits per heavy atom. The summed E-state index contributed by atoms with van der Waals surface area (Å²) < 4.78 is 0.805. The fraction of sp³-hybridized carbons (Fsp3) is 0.556. The number of rotatable bonds is 2. The van der Waals surface area contributed by atoms with Gasteiger partial charge in [-0.15, -0.1) is 0 Å². The van der Waals surface area contributed by atoms with Crippen molar-refractivity contribution in [3.63, 3.8) is 0 Å². The van der Waals surface area contributed by atoms with Crippen LogP contribution in [0.2, 0.25) is 0 Å². The van der Waals surface area contributed by atoms with Crippen LogP contribution in [0.25, 0.3) is 0 Å². The molecule has 0 unspecified atom stereocenters. The van der Waals surface area contributed by atoms with Crippen LogP contribution in [-0.4, -0.2) is 16.5 Å². The largest absolute Gasteiger partial charge is 0.369 e. The van der Waals surface area contributed by atoms with Crippen LogP contribution in [0.4, 0.5) is 5.82 Å². The lowest BCUT2D eigenvalue weighted by Gasteiger charge is -2.18. The van der Waals surface area contributed by atoms with Crippen molar-refractivity contribution in [1.82, 2.24) is 9.97 Å². The Labute approximate surface area is 87.1 Å². The van der Waals surface area contributed by atoms with Crippen molar-refractivity contribution in [2.45, 2.75) is 20.8 Å². The summed E-state index contributed by atoms with van der Waals surface area (Å²) in [5.41, 5.74) is 0.261. The first-order valence-electron chi connectivity index (χ1n) is 4.19. The zero-order chi connectivity index (χ0) is 9.90. The second-order valence-electron chi connectivity index (χ2n) is 4.14. The van der Waals surface area contributed by atoms with Gasteiger partial charge in [0.25, 0.3) is 0 Å². The minimum atomic E-state index is 0.261. The van der Waals surface area contributed by atoms with Crippen molar-refractivity contribution in [3.8, 4) is 0 Å². The second kappa shape index (κ2) is 4.05.